The van der Waals surface area contributed by atoms with Crippen molar-refractivity contribution >= 4 is 5.97 Å². The third-order valence-electron chi connectivity index (χ3n) is 1.78. The molecule has 0 aliphatic heterocycles. The van der Waals surface area contributed by atoms with E-state index in [0.717, 1.165) is 6.07 Å². The Hall–Kier alpha value is -1.52. The minimum atomic E-state index is -2.63. The molecule has 1 aromatic rings. The Morgan fingerprint density at radius 1 is 1.57 bits per heavy atom. The van der Waals surface area contributed by atoms with Gasteiger partial charge in [-0.1, -0.05) is 0 Å². The molecule has 76 valence electrons. The summed E-state index contributed by atoms with van der Waals surface area (Å²) in [6.45, 7) is 1.46. The van der Waals surface area contributed by atoms with E-state index >= 15 is 0 Å². The van der Waals surface area contributed by atoms with Crippen LogP contribution in [0.25, 0.3) is 0 Å². The lowest BCUT2D eigenvalue weighted by Gasteiger charge is -2.05. The van der Waals surface area contributed by atoms with Gasteiger partial charge in [-0.25, -0.2) is 13.6 Å². The molecule has 0 unspecified atom stereocenters. The fraction of sp³-hybridized carbons (Fsp3) is 0.333. The Kier molecular flexibility index (Phi) is 3.11. The first-order valence-electron chi connectivity index (χ1n) is 3.89. The largest absolute Gasteiger partial charge is 0.465 e. The molecule has 0 saturated heterocycles. The molecular formula is C9H9F2NO2. The van der Waals surface area contributed by atoms with Crippen molar-refractivity contribution in [2.24, 2.45) is 0 Å². The van der Waals surface area contributed by atoms with E-state index in [2.05, 4.69) is 9.72 Å². The zero-order valence-electron chi connectivity index (χ0n) is 7.75. The fourth-order valence-corrected chi connectivity index (χ4v) is 1.00. The van der Waals surface area contributed by atoms with Gasteiger partial charge in [0, 0.05) is 17.5 Å². The standard InChI is InChI=1S/C9H9F2NO2/c1-5-7(8(10)11)3-6(4-12-5)9(13)14-2/h3-4,8H,1-2H3. The molecule has 0 atom stereocenters. The van der Waals surface area contributed by atoms with Crippen molar-refractivity contribution in [1.82, 2.24) is 4.98 Å². The molecule has 1 rings (SSSR count). The number of ether oxygens (including phenoxy) is 1. The van der Waals surface area contributed by atoms with Crippen LogP contribution >= 0.6 is 0 Å². The summed E-state index contributed by atoms with van der Waals surface area (Å²) in [7, 11) is 1.18. The van der Waals surface area contributed by atoms with Crippen LogP contribution in [0.2, 0.25) is 0 Å². The van der Waals surface area contributed by atoms with E-state index < -0.39 is 12.4 Å². The van der Waals surface area contributed by atoms with Gasteiger partial charge in [-0.2, -0.15) is 0 Å². The van der Waals surface area contributed by atoms with E-state index in [1.807, 2.05) is 0 Å². The first-order valence-corrected chi connectivity index (χ1v) is 3.89. The molecule has 1 aromatic heterocycles. The Morgan fingerprint density at radius 2 is 2.21 bits per heavy atom. The zero-order chi connectivity index (χ0) is 10.7. The lowest BCUT2D eigenvalue weighted by Crippen LogP contribution is -2.04. The van der Waals surface area contributed by atoms with E-state index in [4.69, 9.17) is 0 Å². The first-order chi connectivity index (χ1) is 6.56. The van der Waals surface area contributed by atoms with Crippen LogP contribution in [0.4, 0.5) is 8.78 Å². The van der Waals surface area contributed by atoms with Gasteiger partial charge >= 0.3 is 5.97 Å². The minimum Gasteiger partial charge on any atom is -0.465 e. The first kappa shape index (κ1) is 10.6. The number of rotatable bonds is 2. The van der Waals surface area contributed by atoms with Gasteiger partial charge in [0.15, 0.2) is 0 Å². The fourth-order valence-electron chi connectivity index (χ4n) is 1.00. The summed E-state index contributed by atoms with van der Waals surface area (Å²) in [6.07, 6.45) is -1.42. The summed E-state index contributed by atoms with van der Waals surface area (Å²) in [5, 5.41) is 0. The summed E-state index contributed by atoms with van der Waals surface area (Å²) in [6, 6.07) is 1.10. The highest BCUT2D eigenvalue weighted by Crippen LogP contribution is 2.22. The number of carbonyl (C=O) groups excluding carboxylic acids is 1. The number of halogens is 2. The van der Waals surface area contributed by atoms with Gasteiger partial charge in [0.05, 0.1) is 12.7 Å². The zero-order valence-corrected chi connectivity index (χ0v) is 7.75. The summed E-state index contributed by atoms with van der Waals surface area (Å²) >= 11 is 0. The number of alkyl halides is 2. The quantitative estimate of drug-likeness (QED) is 0.688. The lowest BCUT2D eigenvalue weighted by atomic mass is 10.1. The molecule has 0 fully saturated rings. The molecule has 14 heavy (non-hydrogen) atoms. The van der Waals surface area contributed by atoms with Crippen molar-refractivity contribution < 1.29 is 18.3 Å². The maximum Gasteiger partial charge on any atom is 0.339 e. The summed E-state index contributed by atoms with van der Waals surface area (Å²) in [5.74, 6) is -0.667. The SMILES string of the molecule is COC(=O)c1cnc(C)c(C(F)F)c1. The topological polar surface area (TPSA) is 39.2 Å². The van der Waals surface area contributed by atoms with Crippen LogP contribution in [0, 0.1) is 6.92 Å². The van der Waals surface area contributed by atoms with Crippen molar-refractivity contribution in [3.05, 3.63) is 29.1 Å². The van der Waals surface area contributed by atoms with Gasteiger partial charge in [0.2, 0.25) is 0 Å². The van der Waals surface area contributed by atoms with Crippen LogP contribution in [0.5, 0.6) is 0 Å². The third kappa shape index (κ3) is 2.04. The van der Waals surface area contributed by atoms with Gasteiger partial charge < -0.3 is 4.74 Å². The van der Waals surface area contributed by atoms with Crippen molar-refractivity contribution in [1.29, 1.82) is 0 Å². The Bertz CT molecular complexity index is 353. The minimum absolute atomic E-state index is 0.0356. The smallest absolute Gasteiger partial charge is 0.339 e. The second-order valence-electron chi connectivity index (χ2n) is 2.69. The van der Waals surface area contributed by atoms with E-state index in [1.165, 1.54) is 20.2 Å². The molecule has 0 N–H and O–H groups in total. The molecule has 0 aliphatic rings. The number of carbonyl (C=O) groups is 1. The summed E-state index contributed by atoms with van der Waals surface area (Å²) in [5.41, 5.74) is 0.00829. The second-order valence-corrected chi connectivity index (χ2v) is 2.69. The number of hydrogen-bond acceptors (Lipinski definition) is 3. The van der Waals surface area contributed by atoms with Gasteiger partial charge in [-0.3, -0.25) is 4.98 Å². The number of aryl methyl sites for hydroxylation is 1. The van der Waals surface area contributed by atoms with Crippen LogP contribution in [0.3, 0.4) is 0 Å². The van der Waals surface area contributed by atoms with Crippen LogP contribution in [-0.2, 0) is 4.74 Å². The predicted molar refractivity (Wildman–Crippen MR) is 45.3 cm³/mol. The normalized spacial score (nSPS) is 10.4. The van der Waals surface area contributed by atoms with Crippen LogP contribution < -0.4 is 0 Å². The van der Waals surface area contributed by atoms with Gasteiger partial charge in [-0.05, 0) is 13.0 Å². The molecule has 1 heterocycles. The van der Waals surface area contributed by atoms with E-state index in [9.17, 15) is 13.6 Å². The van der Waals surface area contributed by atoms with Crippen molar-refractivity contribution in [3.63, 3.8) is 0 Å². The molecule has 0 radical (unpaired) electrons. The molecule has 0 aliphatic carbocycles. The number of aromatic nitrogens is 1. The summed E-state index contributed by atoms with van der Waals surface area (Å²) < 4.78 is 29.2. The molecule has 3 nitrogen and oxygen atoms in total. The van der Waals surface area contributed by atoms with Crippen molar-refractivity contribution in [2.75, 3.05) is 7.11 Å². The average molecular weight is 201 g/mol. The van der Waals surface area contributed by atoms with Crippen molar-refractivity contribution in [2.45, 2.75) is 13.3 Å². The number of pyridine rings is 1. The van der Waals surface area contributed by atoms with E-state index in [-0.39, 0.29) is 16.8 Å². The monoisotopic (exact) mass is 201 g/mol. The van der Waals surface area contributed by atoms with E-state index in [0.29, 0.717) is 0 Å². The number of hydrogen-bond donors (Lipinski definition) is 0. The Labute approximate surface area is 79.7 Å². The highest BCUT2D eigenvalue weighted by molar-refractivity contribution is 5.89. The van der Waals surface area contributed by atoms with Crippen LogP contribution in [-0.4, -0.2) is 18.1 Å². The Balaban J connectivity index is 3.13. The molecule has 0 spiro atoms. The Morgan fingerprint density at radius 3 is 2.71 bits per heavy atom. The molecular weight excluding hydrogens is 192 g/mol. The summed E-state index contributed by atoms with van der Waals surface area (Å²) in [4.78, 5) is 14.7. The van der Waals surface area contributed by atoms with Crippen molar-refractivity contribution in [3.8, 4) is 0 Å². The second kappa shape index (κ2) is 4.13. The maximum absolute atomic E-state index is 12.4. The van der Waals surface area contributed by atoms with E-state index in [1.54, 1.807) is 0 Å². The molecule has 0 saturated carbocycles. The molecule has 0 amide bonds. The highest BCUT2D eigenvalue weighted by Gasteiger charge is 2.15. The highest BCUT2D eigenvalue weighted by atomic mass is 19.3. The van der Waals surface area contributed by atoms with Gasteiger partial charge in [-0.15, -0.1) is 0 Å². The molecule has 0 aromatic carbocycles. The molecule has 5 heteroatoms. The maximum atomic E-state index is 12.4. The predicted octanol–water partition coefficient (Wildman–Crippen LogP) is 2.11. The number of esters is 1. The number of nitrogens with zero attached hydrogens (tertiary/aromatic N) is 1. The van der Waals surface area contributed by atoms with Crippen LogP contribution in [0.1, 0.15) is 28.0 Å². The van der Waals surface area contributed by atoms with Crippen LogP contribution in [0.15, 0.2) is 12.3 Å². The third-order valence-corrected chi connectivity index (χ3v) is 1.78. The lowest BCUT2D eigenvalue weighted by molar-refractivity contribution is 0.0599. The molecule has 0 bridgehead atoms. The van der Waals surface area contributed by atoms with Gasteiger partial charge in [0.25, 0.3) is 6.43 Å². The average Bonchev–Trinajstić information content (AvgIpc) is 2.17. The van der Waals surface area contributed by atoms with Gasteiger partial charge in [0.1, 0.15) is 0 Å². The number of methoxy groups -OCH3 is 1.